The zero-order chi connectivity index (χ0) is 17.7. The molecule has 0 aliphatic heterocycles. The summed E-state index contributed by atoms with van der Waals surface area (Å²) in [4.78, 5) is 26.8. The van der Waals surface area contributed by atoms with E-state index in [-0.39, 0.29) is 24.7 Å². The Morgan fingerprint density at radius 3 is 2.71 bits per heavy atom. The number of amidine groups is 1. The number of rotatable bonds is 7. The van der Waals surface area contributed by atoms with Crippen LogP contribution in [0, 0.1) is 12.3 Å². The van der Waals surface area contributed by atoms with E-state index in [9.17, 15) is 9.59 Å². The van der Waals surface area contributed by atoms with Gasteiger partial charge in [0.2, 0.25) is 0 Å². The molecule has 6 N–H and O–H groups in total. The maximum absolute atomic E-state index is 12.0. The maximum atomic E-state index is 12.0. The lowest BCUT2D eigenvalue weighted by atomic mass is 10.1. The minimum Gasteiger partial charge on any atom is -0.483 e. The zero-order valence-corrected chi connectivity index (χ0v) is 13.0. The molecule has 2 amide bonds. The van der Waals surface area contributed by atoms with E-state index >= 15 is 0 Å². The van der Waals surface area contributed by atoms with Crippen LogP contribution in [0.15, 0.2) is 28.9 Å². The van der Waals surface area contributed by atoms with Crippen molar-refractivity contribution in [3.63, 3.8) is 0 Å². The first-order valence-corrected chi connectivity index (χ1v) is 6.95. The Labute approximate surface area is 137 Å². The molecule has 0 fully saturated rings. The number of aromatic nitrogens is 1. The van der Waals surface area contributed by atoms with Crippen LogP contribution in [0.5, 0.6) is 5.75 Å². The number of nitrogens with one attached hydrogen (secondary N) is 2. The van der Waals surface area contributed by atoms with Gasteiger partial charge in [0.05, 0.1) is 0 Å². The first-order chi connectivity index (χ1) is 11.4. The Balaban J connectivity index is 2.13. The summed E-state index contributed by atoms with van der Waals surface area (Å²) in [6, 6.07) is 4.76. The first-order valence-electron chi connectivity index (χ1n) is 6.95. The van der Waals surface area contributed by atoms with Crippen LogP contribution in [0.2, 0.25) is 0 Å². The minimum atomic E-state index is -0.642. The second-order valence-corrected chi connectivity index (χ2v) is 4.93. The molecule has 9 nitrogen and oxygen atoms in total. The second-order valence-electron chi connectivity index (χ2n) is 4.93. The van der Waals surface area contributed by atoms with Gasteiger partial charge in [-0.2, -0.15) is 0 Å². The summed E-state index contributed by atoms with van der Waals surface area (Å²) < 4.78 is 10.3. The number of carbonyl (C=O) groups excluding carboxylic acids is 2. The number of amides is 2. The van der Waals surface area contributed by atoms with Gasteiger partial charge in [0.15, 0.2) is 18.2 Å². The van der Waals surface area contributed by atoms with E-state index in [1.807, 2.05) is 0 Å². The van der Waals surface area contributed by atoms with Crippen molar-refractivity contribution < 1.29 is 18.7 Å². The first kappa shape index (κ1) is 17.0. The van der Waals surface area contributed by atoms with Crippen LogP contribution in [0.4, 0.5) is 0 Å². The molecule has 0 unspecified atom stereocenters. The Bertz CT molecular complexity index is 784. The number of nitrogen functional groups attached to an aromatic ring is 1. The Morgan fingerprint density at radius 2 is 2.12 bits per heavy atom. The third-order valence-corrected chi connectivity index (χ3v) is 3.04. The molecule has 0 atom stereocenters. The van der Waals surface area contributed by atoms with Crippen LogP contribution in [0.25, 0.3) is 0 Å². The van der Waals surface area contributed by atoms with Crippen LogP contribution in [0.1, 0.15) is 27.5 Å². The van der Waals surface area contributed by atoms with E-state index in [1.54, 1.807) is 19.1 Å². The van der Waals surface area contributed by atoms with Gasteiger partial charge in [-0.3, -0.25) is 15.0 Å². The summed E-state index contributed by atoms with van der Waals surface area (Å²) in [5, 5.41) is 10.1. The second kappa shape index (κ2) is 7.27. The van der Waals surface area contributed by atoms with Gasteiger partial charge in [0, 0.05) is 24.6 Å². The summed E-state index contributed by atoms with van der Waals surface area (Å²) in [5.41, 5.74) is 11.7. The zero-order valence-electron chi connectivity index (χ0n) is 13.0. The van der Waals surface area contributed by atoms with E-state index < -0.39 is 11.8 Å². The molecule has 126 valence electrons. The molecule has 0 bridgehead atoms. The van der Waals surface area contributed by atoms with Gasteiger partial charge in [-0.1, -0.05) is 12.1 Å². The van der Waals surface area contributed by atoms with Crippen molar-refractivity contribution in [1.82, 2.24) is 10.3 Å². The minimum absolute atomic E-state index is 0.122. The summed E-state index contributed by atoms with van der Waals surface area (Å²) in [6.07, 6.45) is 1.26. The number of oxazole rings is 1. The van der Waals surface area contributed by atoms with Crippen molar-refractivity contribution >= 4 is 17.6 Å². The van der Waals surface area contributed by atoms with Crippen molar-refractivity contribution in [1.29, 1.82) is 5.41 Å². The predicted molar refractivity (Wildman–Crippen MR) is 84.6 cm³/mol. The highest BCUT2D eigenvalue weighted by Crippen LogP contribution is 2.20. The number of benzene rings is 1. The molecule has 9 heteroatoms. The number of hydrogen-bond acceptors (Lipinski definition) is 6. The Kier molecular flexibility index (Phi) is 5.15. The molecule has 1 heterocycles. The topological polar surface area (TPSA) is 157 Å². The van der Waals surface area contributed by atoms with Crippen LogP contribution in [-0.2, 0) is 11.3 Å². The molecule has 0 aliphatic carbocycles. The van der Waals surface area contributed by atoms with Crippen LogP contribution in [-0.4, -0.2) is 29.2 Å². The van der Waals surface area contributed by atoms with Crippen LogP contribution >= 0.6 is 0 Å². The summed E-state index contributed by atoms with van der Waals surface area (Å²) >= 11 is 0. The van der Waals surface area contributed by atoms with Gasteiger partial charge in [0.25, 0.3) is 11.8 Å². The molecule has 2 rings (SSSR count). The van der Waals surface area contributed by atoms with E-state index in [2.05, 4.69) is 10.3 Å². The normalized spacial score (nSPS) is 10.2. The van der Waals surface area contributed by atoms with Crippen molar-refractivity contribution in [3.8, 4) is 5.75 Å². The van der Waals surface area contributed by atoms with Crippen molar-refractivity contribution in [2.75, 3.05) is 6.61 Å². The Hall–Kier alpha value is -3.36. The predicted octanol–water partition coefficient (Wildman–Crippen LogP) is 0.0612. The molecule has 0 spiro atoms. The lowest BCUT2D eigenvalue weighted by molar-refractivity contribution is -0.119. The SMILES string of the molecule is Cc1nc(C(=O)NCc2ccc(C(=N)N)cc2OCC(N)=O)co1. The number of carbonyl (C=O) groups is 2. The fraction of sp³-hybridized carbons (Fsp3) is 0.200. The number of ether oxygens (including phenoxy) is 1. The van der Waals surface area contributed by atoms with Crippen LogP contribution in [0.3, 0.4) is 0 Å². The average Bonchev–Trinajstić information content (AvgIpc) is 2.97. The Morgan fingerprint density at radius 1 is 1.38 bits per heavy atom. The van der Waals surface area contributed by atoms with Crippen molar-refractivity contribution in [2.24, 2.45) is 11.5 Å². The highest BCUT2D eigenvalue weighted by atomic mass is 16.5. The van der Waals surface area contributed by atoms with E-state index in [4.69, 9.17) is 26.0 Å². The average molecular weight is 331 g/mol. The maximum Gasteiger partial charge on any atom is 0.273 e. The molecule has 1 aromatic heterocycles. The third kappa shape index (κ3) is 4.32. The summed E-state index contributed by atoms with van der Waals surface area (Å²) in [6.45, 7) is 1.43. The molecule has 0 aliphatic rings. The monoisotopic (exact) mass is 331 g/mol. The standard InChI is InChI=1S/C15H17N5O4/c1-8-20-11(6-23-8)15(22)19-5-10-3-2-9(14(17)18)4-12(10)24-7-13(16)21/h2-4,6H,5,7H2,1H3,(H2,16,21)(H3,17,18)(H,19,22). The fourth-order valence-electron chi connectivity index (χ4n) is 1.89. The van der Waals surface area contributed by atoms with Gasteiger partial charge in [-0.25, -0.2) is 4.98 Å². The molecule has 0 radical (unpaired) electrons. The molecular weight excluding hydrogens is 314 g/mol. The molecular formula is C15H17N5O4. The smallest absolute Gasteiger partial charge is 0.273 e. The van der Waals surface area contributed by atoms with Gasteiger partial charge < -0.3 is 25.9 Å². The van der Waals surface area contributed by atoms with Crippen molar-refractivity contribution in [2.45, 2.75) is 13.5 Å². The highest BCUT2D eigenvalue weighted by molar-refractivity contribution is 5.95. The molecule has 24 heavy (non-hydrogen) atoms. The quantitative estimate of drug-likeness (QED) is 0.415. The molecule has 0 saturated heterocycles. The number of aryl methyl sites for hydroxylation is 1. The lowest BCUT2D eigenvalue weighted by Gasteiger charge is -2.12. The van der Waals surface area contributed by atoms with E-state index in [1.165, 1.54) is 12.3 Å². The van der Waals surface area contributed by atoms with Crippen molar-refractivity contribution in [3.05, 3.63) is 47.2 Å². The van der Waals surface area contributed by atoms with Crippen LogP contribution < -0.4 is 21.5 Å². The highest BCUT2D eigenvalue weighted by Gasteiger charge is 2.13. The number of nitrogens with two attached hydrogens (primary N) is 2. The summed E-state index contributed by atoms with van der Waals surface area (Å²) in [7, 11) is 0. The van der Waals surface area contributed by atoms with E-state index in [0.717, 1.165) is 0 Å². The van der Waals surface area contributed by atoms with E-state index in [0.29, 0.717) is 22.8 Å². The molecule has 0 saturated carbocycles. The number of primary amides is 1. The third-order valence-electron chi connectivity index (χ3n) is 3.04. The van der Waals surface area contributed by atoms with Gasteiger partial charge in [-0.15, -0.1) is 0 Å². The van der Waals surface area contributed by atoms with Gasteiger partial charge in [-0.05, 0) is 6.07 Å². The molecule has 2 aromatic rings. The summed E-state index contributed by atoms with van der Waals surface area (Å²) in [5.74, 6) is -0.512. The number of hydrogen-bond donors (Lipinski definition) is 4. The fourth-order valence-corrected chi connectivity index (χ4v) is 1.89. The largest absolute Gasteiger partial charge is 0.483 e. The lowest BCUT2D eigenvalue weighted by Crippen LogP contribution is -2.25. The van der Waals surface area contributed by atoms with Gasteiger partial charge in [0.1, 0.15) is 17.8 Å². The number of nitrogens with zero attached hydrogens (tertiary/aromatic N) is 1. The van der Waals surface area contributed by atoms with Gasteiger partial charge >= 0.3 is 0 Å². The molecule has 1 aromatic carbocycles.